The summed E-state index contributed by atoms with van der Waals surface area (Å²) in [6.45, 7) is 0.635. The van der Waals surface area contributed by atoms with Gasteiger partial charge in [0.2, 0.25) is 0 Å². The first-order valence-electron chi connectivity index (χ1n) is 16.7. The molecule has 0 aliphatic heterocycles. The fraction of sp³-hybridized carbons (Fsp3) is 0.0714. The first-order chi connectivity index (χ1) is 26.0. The van der Waals surface area contributed by atoms with Crippen molar-refractivity contribution >= 4 is 20.4 Å². The first kappa shape index (κ1) is 35.4. The van der Waals surface area contributed by atoms with E-state index in [1.165, 1.54) is 12.1 Å². The Morgan fingerprint density at radius 2 is 0.755 bits per heavy atom. The third-order valence-corrected chi connectivity index (χ3v) is 13.1. The SMILES string of the molecule is O=S(=O)(OS(c1cccc(OCc2ccccn2)c1)(c1cccc(OCc2ccccn2)c1)c1cccc(OCc2ccccn2)c1)c1ccccc1. The van der Waals surface area contributed by atoms with Crippen LogP contribution in [0.3, 0.4) is 0 Å². The summed E-state index contributed by atoms with van der Waals surface area (Å²) in [5, 5.41) is 0. The van der Waals surface area contributed by atoms with Crippen molar-refractivity contribution < 1.29 is 26.3 Å². The lowest BCUT2D eigenvalue weighted by Crippen LogP contribution is -2.15. The van der Waals surface area contributed by atoms with Gasteiger partial charge in [-0.2, -0.15) is 8.42 Å². The molecule has 4 aromatic carbocycles. The van der Waals surface area contributed by atoms with Crippen molar-refractivity contribution in [3.05, 3.63) is 193 Å². The second-order valence-electron chi connectivity index (χ2n) is 11.6. The summed E-state index contributed by atoms with van der Waals surface area (Å²) in [5.74, 6) is 1.53. The number of rotatable bonds is 15. The third kappa shape index (κ3) is 8.73. The zero-order chi connectivity index (χ0) is 36.4. The standard InChI is InChI=1S/C42H35N3O6S2/c46-53(47,39-19-2-1-3-20-39)51-52(40-21-10-16-36(27-40)48-30-33-13-4-7-24-43-33,41-22-11-17-37(28-41)49-31-34-14-5-8-25-44-34)42-23-12-18-38(29-42)50-32-35-15-6-9-26-45-35/h1-29H,30-32H2. The lowest BCUT2D eigenvalue weighted by atomic mass is 10.3. The predicted molar refractivity (Wildman–Crippen MR) is 202 cm³/mol. The number of pyridine rings is 3. The Bertz CT molecular complexity index is 2140. The van der Waals surface area contributed by atoms with Crippen molar-refractivity contribution in [1.29, 1.82) is 0 Å². The first-order valence-corrected chi connectivity index (χ1v) is 19.7. The van der Waals surface area contributed by atoms with E-state index in [0.29, 0.717) is 31.9 Å². The van der Waals surface area contributed by atoms with Crippen LogP contribution in [-0.4, -0.2) is 23.4 Å². The van der Waals surface area contributed by atoms with Gasteiger partial charge >= 0.3 is 10.1 Å². The Kier molecular flexibility index (Phi) is 11.1. The van der Waals surface area contributed by atoms with Gasteiger partial charge in [-0.1, -0.05) is 54.6 Å². The van der Waals surface area contributed by atoms with E-state index in [9.17, 15) is 8.42 Å². The minimum absolute atomic E-state index is 0.0181. The highest BCUT2D eigenvalue weighted by molar-refractivity contribution is 8.33. The molecule has 0 radical (unpaired) electrons. The predicted octanol–water partition coefficient (Wildman–Crippen LogP) is 9.21. The van der Waals surface area contributed by atoms with Gasteiger partial charge in [0, 0.05) is 33.3 Å². The van der Waals surface area contributed by atoms with Crippen molar-refractivity contribution in [3.8, 4) is 17.2 Å². The number of hydrogen-bond acceptors (Lipinski definition) is 9. The van der Waals surface area contributed by atoms with Crippen molar-refractivity contribution in [2.75, 3.05) is 0 Å². The van der Waals surface area contributed by atoms with E-state index in [-0.39, 0.29) is 24.7 Å². The lowest BCUT2D eigenvalue weighted by molar-refractivity contribution is 0.300. The van der Waals surface area contributed by atoms with Crippen LogP contribution in [0.4, 0.5) is 0 Å². The van der Waals surface area contributed by atoms with Crippen LogP contribution in [-0.2, 0) is 33.6 Å². The molecule has 3 aromatic heterocycles. The summed E-state index contributed by atoms with van der Waals surface area (Å²) in [5.41, 5.74) is 2.24. The van der Waals surface area contributed by atoms with Crippen LogP contribution in [0.1, 0.15) is 17.1 Å². The van der Waals surface area contributed by atoms with E-state index in [1.807, 2.05) is 127 Å². The molecule has 0 aliphatic rings. The van der Waals surface area contributed by atoms with Crippen LogP contribution < -0.4 is 14.2 Å². The lowest BCUT2D eigenvalue weighted by Gasteiger charge is -2.39. The van der Waals surface area contributed by atoms with Gasteiger partial charge in [-0.05, 0) is 113 Å². The number of hydrogen-bond donors (Lipinski definition) is 0. The Morgan fingerprint density at radius 3 is 1.11 bits per heavy atom. The number of nitrogens with zero attached hydrogens (tertiary/aromatic N) is 3. The van der Waals surface area contributed by atoms with Gasteiger partial charge < -0.3 is 14.2 Å². The normalized spacial score (nSPS) is 11.8. The average Bonchev–Trinajstić information content (AvgIpc) is 3.22. The summed E-state index contributed by atoms with van der Waals surface area (Å²) in [7, 11) is -7.51. The smallest absolute Gasteiger partial charge is 0.307 e. The zero-order valence-electron chi connectivity index (χ0n) is 28.5. The van der Waals surface area contributed by atoms with Crippen molar-refractivity contribution in [3.63, 3.8) is 0 Å². The summed E-state index contributed by atoms with van der Waals surface area (Å²) >= 11 is 0. The van der Waals surface area contributed by atoms with Crippen molar-refractivity contribution in [2.24, 2.45) is 0 Å². The summed E-state index contributed by atoms with van der Waals surface area (Å²) in [6.07, 6.45) is 5.12. The maximum Gasteiger partial charge on any atom is 0.307 e. The number of ether oxygens (including phenoxy) is 3. The fourth-order valence-electron chi connectivity index (χ4n) is 5.44. The van der Waals surface area contributed by atoms with Gasteiger partial charge in [-0.15, -0.1) is 0 Å². The van der Waals surface area contributed by atoms with Crippen LogP contribution >= 0.6 is 10.3 Å². The second-order valence-corrected chi connectivity index (χ2v) is 16.1. The van der Waals surface area contributed by atoms with Crippen molar-refractivity contribution in [1.82, 2.24) is 15.0 Å². The molecule has 0 bridgehead atoms. The van der Waals surface area contributed by atoms with E-state index in [1.54, 1.807) is 36.8 Å². The highest BCUT2D eigenvalue weighted by Crippen LogP contribution is 2.71. The Labute approximate surface area is 310 Å². The fourth-order valence-corrected chi connectivity index (χ4v) is 10.7. The molecule has 0 saturated heterocycles. The van der Waals surface area contributed by atoms with Crippen LogP contribution in [0.15, 0.2) is 196 Å². The van der Waals surface area contributed by atoms with Crippen LogP contribution in [0.5, 0.6) is 17.2 Å². The largest absolute Gasteiger partial charge is 0.487 e. The molecule has 0 spiro atoms. The molecular formula is C42H35N3O6S2. The van der Waals surface area contributed by atoms with Gasteiger partial charge in [-0.3, -0.25) is 15.0 Å². The average molecular weight is 742 g/mol. The second kappa shape index (κ2) is 16.6. The van der Waals surface area contributed by atoms with E-state index in [2.05, 4.69) is 15.0 Å². The minimum Gasteiger partial charge on any atom is -0.487 e. The van der Waals surface area contributed by atoms with Crippen LogP contribution in [0.2, 0.25) is 0 Å². The molecule has 9 nitrogen and oxygen atoms in total. The molecule has 11 heteroatoms. The molecule has 3 heterocycles. The maximum atomic E-state index is 14.4. The Morgan fingerprint density at radius 1 is 0.396 bits per heavy atom. The molecule has 0 amide bonds. The monoisotopic (exact) mass is 741 g/mol. The van der Waals surface area contributed by atoms with Crippen LogP contribution in [0.25, 0.3) is 0 Å². The molecule has 0 aliphatic carbocycles. The van der Waals surface area contributed by atoms with Gasteiger partial charge in [0.05, 0.1) is 22.0 Å². The molecule has 0 unspecified atom stereocenters. The molecule has 0 fully saturated rings. The topological polar surface area (TPSA) is 110 Å². The highest BCUT2D eigenvalue weighted by Gasteiger charge is 2.39. The highest BCUT2D eigenvalue weighted by atomic mass is 32.3. The van der Waals surface area contributed by atoms with E-state index < -0.39 is 20.4 Å². The molecule has 266 valence electrons. The van der Waals surface area contributed by atoms with Crippen molar-refractivity contribution in [2.45, 2.75) is 39.4 Å². The van der Waals surface area contributed by atoms with E-state index in [4.69, 9.17) is 17.8 Å². The third-order valence-electron chi connectivity index (χ3n) is 7.97. The Hall–Kier alpha value is -6.01. The Balaban J connectivity index is 1.38. The van der Waals surface area contributed by atoms with Gasteiger partial charge in [0.15, 0.2) is 0 Å². The van der Waals surface area contributed by atoms with Crippen LogP contribution in [0, 0.1) is 0 Å². The van der Waals surface area contributed by atoms with Gasteiger partial charge in [0.25, 0.3) is 0 Å². The quantitative estimate of drug-likeness (QED) is 0.102. The number of aromatic nitrogens is 3. The molecule has 0 atom stereocenters. The molecule has 53 heavy (non-hydrogen) atoms. The summed E-state index contributed by atoms with van der Waals surface area (Å²) < 4.78 is 54.2. The minimum atomic E-state index is -4.38. The summed E-state index contributed by atoms with van der Waals surface area (Å²) in [4.78, 5) is 14.9. The van der Waals surface area contributed by atoms with Gasteiger partial charge in [-0.25, -0.2) is 3.63 Å². The molecule has 7 aromatic rings. The van der Waals surface area contributed by atoms with E-state index in [0.717, 1.165) is 17.1 Å². The zero-order valence-corrected chi connectivity index (χ0v) is 30.1. The number of benzene rings is 4. The molecule has 7 rings (SSSR count). The van der Waals surface area contributed by atoms with Gasteiger partial charge in [0.1, 0.15) is 37.1 Å². The van der Waals surface area contributed by atoms with E-state index >= 15 is 0 Å². The summed E-state index contributed by atoms with van der Waals surface area (Å²) in [6, 6.07) is 46.9. The molecule has 0 saturated carbocycles. The molecular weight excluding hydrogens is 707 g/mol. The maximum absolute atomic E-state index is 14.4. The molecule has 0 N–H and O–H groups in total.